The highest BCUT2D eigenvalue weighted by Crippen LogP contribution is 2.19. The van der Waals surface area contributed by atoms with Gasteiger partial charge in [0.05, 0.1) is 11.5 Å². The standard InChI is InChI=1S/C16H21N5O4S/c1-11(15-19-14(20-25-15)13-5-3-4-8-17-13)18-16(22)21(2)12-6-9-26(23,24)10-7-12/h3-5,8,11-12H,6-7,9-10H2,1-2H3,(H,18,22)/t11-/m0/s1. The van der Waals surface area contributed by atoms with Gasteiger partial charge in [0, 0.05) is 19.3 Å². The van der Waals surface area contributed by atoms with E-state index in [9.17, 15) is 13.2 Å². The van der Waals surface area contributed by atoms with Crippen LogP contribution in [-0.2, 0) is 9.84 Å². The summed E-state index contributed by atoms with van der Waals surface area (Å²) in [5.41, 5.74) is 0.585. The zero-order valence-electron chi connectivity index (χ0n) is 14.6. The first-order chi connectivity index (χ1) is 12.4. The molecule has 0 unspecified atom stereocenters. The van der Waals surface area contributed by atoms with Crippen LogP contribution in [0.2, 0.25) is 0 Å². The number of carbonyl (C=O) groups excluding carboxylic acids is 1. The molecule has 2 aromatic rings. The largest absolute Gasteiger partial charge is 0.337 e. The van der Waals surface area contributed by atoms with Crippen LogP contribution in [-0.4, -0.2) is 59.1 Å². The summed E-state index contributed by atoms with van der Waals surface area (Å²) in [7, 11) is -1.30. The van der Waals surface area contributed by atoms with E-state index in [1.54, 1.807) is 37.2 Å². The van der Waals surface area contributed by atoms with Crippen LogP contribution in [0.15, 0.2) is 28.9 Å². The van der Waals surface area contributed by atoms with Crippen molar-refractivity contribution in [1.82, 2.24) is 25.3 Å². The Kier molecular flexibility index (Phi) is 5.21. The van der Waals surface area contributed by atoms with Gasteiger partial charge in [0.1, 0.15) is 21.6 Å². The predicted octanol–water partition coefficient (Wildman–Crippen LogP) is 1.41. The van der Waals surface area contributed by atoms with Crippen LogP contribution in [0.5, 0.6) is 0 Å². The number of hydrogen-bond acceptors (Lipinski definition) is 7. The average Bonchev–Trinajstić information content (AvgIpc) is 3.12. The Balaban J connectivity index is 1.60. The second-order valence-corrected chi connectivity index (χ2v) is 8.64. The SMILES string of the molecule is C[C@H](NC(=O)N(C)C1CCS(=O)(=O)CC1)c1nc(-c2ccccn2)no1. The van der Waals surface area contributed by atoms with E-state index in [4.69, 9.17) is 4.52 Å². The number of sulfone groups is 1. The minimum atomic E-state index is -2.96. The van der Waals surface area contributed by atoms with Crippen molar-refractivity contribution in [2.24, 2.45) is 0 Å². The van der Waals surface area contributed by atoms with Crippen molar-refractivity contribution in [3.05, 3.63) is 30.3 Å². The van der Waals surface area contributed by atoms with Crippen molar-refractivity contribution < 1.29 is 17.7 Å². The van der Waals surface area contributed by atoms with Gasteiger partial charge in [-0.05, 0) is 31.9 Å². The maximum absolute atomic E-state index is 12.4. The highest BCUT2D eigenvalue weighted by molar-refractivity contribution is 7.91. The molecule has 10 heteroatoms. The van der Waals surface area contributed by atoms with Gasteiger partial charge in [-0.15, -0.1) is 0 Å². The van der Waals surface area contributed by atoms with Crippen LogP contribution >= 0.6 is 0 Å². The van der Waals surface area contributed by atoms with Gasteiger partial charge in [-0.2, -0.15) is 4.98 Å². The molecule has 1 atom stereocenters. The monoisotopic (exact) mass is 379 g/mol. The summed E-state index contributed by atoms with van der Waals surface area (Å²) < 4.78 is 28.3. The highest BCUT2D eigenvalue weighted by Gasteiger charge is 2.29. The third kappa shape index (κ3) is 4.18. The van der Waals surface area contributed by atoms with Gasteiger partial charge in [0.2, 0.25) is 11.7 Å². The van der Waals surface area contributed by atoms with Crippen molar-refractivity contribution in [3.63, 3.8) is 0 Å². The summed E-state index contributed by atoms with van der Waals surface area (Å²) in [5.74, 6) is 0.857. The number of hydrogen-bond donors (Lipinski definition) is 1. The minimum Gasteiger partial charge on any atom is -0.337 e. The third-order valence-electron chi connectivity index (χ3n) is 4.44. The topological polar surface area (TPSA) is 118 Å². The molecule has 0 saturated carbocycles. The first-order valence-electron chi connectivity index (χ1n) is 8.34. The summed E-state index contributed by atoms with van der Waals surface area (Å²) in [6, 6.07) is 4.49. The molecule has 2 aromatic heterocycles. The van der Waals surface area contributed by atoms with E-state index in [0.717, 1.165) is 0 Å². The molecule has 0 radical (unpaired) electrons. The maximum Gasteiger partial charge on any atom is 0.318 e. The summed E-state index contributed by atoms with van der Waals surface area (Å²) in [6.07, 6.45) is 2.53. The van der Waals surface area contributed by atoms with Gasteiger partial charge in [-0.1, -0.05) is 11.2 Å². The van der Waals surface area contributed by atoms with Crippen LogP contribution in [0.4, 0.5) is 4.79 Å². The van der Waals surface area contributed by atoms with E-state index >= 15 is 0 Å². The molecule has 140 valence electrons. The first-order valence-corrected chi connectivity index (χ1v) is 10.2. The average molecular weight is 379 g/mol. The third-order valence-corrected chi connectivity index (χ3v) is 6.15. The smallest absolute Gasteiger partial charge is 0.318 e. The molecule has 9 nitrogen and oxygen atoms in total. The fourth-order valence-corrected chi connectivity index (χ4v) is 4.26. The Morgan fingerprint density at radius 2 is 2.08 bits per heavy atom. The number of carbonyl (C=O) groups is 1. The number of nitrogens with zero attached hydrogens (tertiary/aromatic N) is 4. The minimum absolute atomic E-state index is 0.0995. The van der Waals surface area contributed by atoms with Gasteiger partial charge >= 0.3 is 6.03 Å². The highest BCUT2D eigenvalue weighted by atomic mass is 32.2. The van der Waals surface area contributed by atoms with E-state index < -0.39 is 15.9 Å². The number of nitrogens with one attached hydrogen (secondary N) is 1. The molecule has 3 rings (SSSR count). The van der Waals surface area contributed by atoms with Crippen LogP contribution < -0.4 is 5.32 Å². The van der Waals surface area contributed by atoms with E-state index in [1.165, 1.54) is 0 Å². The number of aromatic nitrogens is 3. The van der Waals surface area contributed by atoms with Crippen LogP contribution in [0, 0.1) is 0 Å². The Hall–Kier alpha value is -2.49. The predicted molar refractivity (Wildman–Crippen MR) is 93.9 cm³/mol. The van der Waals surface area contributed by atoms with Crippen molar-refractivity contribution in [3.8, 4) is 11.5 Å². The zero-order chi connectivity index (χ0) is 18.7. The fourth-order valence-electron chi connectivity index (χ4n) is 2.79. The number of pyridine rings is 1. The molecule has 2 amide bonds. The number of urea groups is 1. The molecule has 1 aliphatic heterocycles. The zero-order valence-corrected chi connectivity index (χ0v) is 15.4. The van der Waals surface area contributed by atoms with Gasteiger partial charge in [-0.25, -0.2) is 13.2 Å². The quantitative estimate of drug-likeness (QED) is 0.853. The lowest BCUT2D eigenvalue weighted by Crippen LogP contribution is -2.47. The molecule has 1 saturated heterocycles. The van der Waals surface area contributed by atoms with E-state index in [1.807, 2.05) is 6.07 Å². The molecule has 1 fully saturated rings. The molecular formula is C16H21N5O4S. The maximum atomic E-state index is 12.4. The van der Waals surface area contributed by atoms with E-state index in [-0.39, 0.29) is 29.5 Å². The Labute approximate surface area is 151 Å². The Bertz CT molecular complexity index is 854. The summed E-state index contributed by atoms with van der Waals surface area (Å²) in [5, 5.41) is 6.68. The van der Waals surface area contributed by atoms with E-state index in [0.29, 0.717) is 24.4 Å². The molecule has 0 aromatic carbocycles. The van der Waals surface area contributed by atoms with Crippen LogP contribution in [0.3, 0.4) is 0 Å². The van der Waals surface area contributed by atoms with Crippen molar-refractivity contribution in [1.29, 1.82) is 0 Å². The summed E-state index contributed by atoms with van der Waals surface area (Å²) in [4.78, 5) is 22.4. The van der Waals surface area contributed by atoms with Gasteiger partial charge in [0.15, 0.2) is 0 Å². The van der Waals surface area contributed by atoms with E-state index in [2.05, 4.69) is 20.4 Å². The molecule has 1 N–H and O–H groups in total. The lowest BCUT2D eigenvalue weighted by molar-refractivity contribution is 0.180. The van der Waals surface area contributed by atoms with Gasteiger partial charge < -0.3 is 14.7 Å². The van der Waals surface area contributed by atoms with Crippen molar-refractivity contribution in [2.75, 3.05) is 18.6 Å². The molecule has 26 heavy (non-hydrogen) atoms. The number of rotatable bonds is 4. The Morgan fingerprint density at radius 1 is 1.35 bits per heavy atom. The van der Waals surface area contributed by atoms with Gasteiger partial charge in [0.25, 0.3) is 0 Å². The first kappa shape index (κ1) is 18.3. The fraction of sp³-hybridized carbons (Fsp3) is 0.500. The molecule has 0 aliphatic carbocycles. The molecule has 0 spiro atoms. The lowest BCUT2D eigenvalue weighted by Gasteiger charge is -2.31. The second kappa shape index (κ2) is 7.40. The van der Waals surface area contributed by atoms with Crippen molar-refractivity contribution >= 4 is 15.9 Å². The van der Waals surface area contributed by atoms with Crippen molar-refractivity contribution in [2.45, 2.75) is 31.8 Å². The molecular weight excluding hydrogens is 358 g/mol. The molecule has 0 bridgehead atoms. The number of amides is 2. The lowest BCUT2D eigenvalue weighted by atomic mass is 10.1. The van der Waals surface area contributed by atoms with Crippen LogP contribution in [0.1, 0.15) is 31.7 Å². The normalized spacial score (nSPS) is 18.2. The summed E-state index contributed by atoms with van der Waals surface area (Å²) in [6.45, 7) is 1.74. The van der Waals surface area contributed by atoms with Crippen LogP contribution in [0.25, 0.3) is 11.5 Å². The van der Waals surface area contributed by atoms with Gasteiger partial charge in [-0.3, -0.25) is 4.98 Å². The second-order valence-electron chi connectivity index (χ2n) is 6.34. The molecule has 3 heterocycles. The molecule has 1 aliphatic rings. The Morgan fingerprint density at radius 3 is 2.73 bits per heavy atom. The summed E-state index contributed by atoms with van der Waals surface area (Å²) >= 11 is 0.